The molecule has 0 spiro atoms. The topological polar surface area (TPSA) is 9.23 Å². The van der Waals surface area contributed by atoms with E-state index in [9.17, 15) is 8.78 Å². The lowest BCUT2D eigenvalue weighted by Crippen LogP contribution is -1.95. The minimum Gasteiger partial charge on any atom is -0.457 e. The minimum atomic E-state index is -0.415. The van der Waals surface area contributed by atoms with Crippen molar-refractivity contribution in [3.05, 3.63) is 59.2 Å². The van der Waals surface area contributed by atoms with E-state index in [1.807, 2.05) is 0 Å². The molecule has 0 bridgehead atoms. The monoisotopic (exact) mass is 268 g/mol. The SMILES string of the molecule is Cc1cc(F)ccc1Oc1cccc(F)c1CCl. The predicted octanol–water partition coefficient (Wildman–Crippen LogP) is 4.80. The van der Waals surface area contributed by atoms with Gasteiger partial charge in [0, 0.05) is 5.56 Å². The first-order valence-electron chi connectivity index (χ1n) is 5.39. The van der Waals surface area contributed by atoms with Crippen LogP contribution in [0.2, 0.25) is 0 Å². The van der Waals surface area contributed by atoms with Gasteiger partial charge in [0.05, 0.1) is 5.88 Å². The molecule has 0 heterocycles. The zero-order valence-electron chi connectivity index (χ0n) is 9.71. The third kappa shape index (κ3) is 2.62. The first kappa shape index (κ1) is 12.8. The number of rotatable bonds is 3. The molecular weight excluding hydrogens is 258 g/mol. The molecule has 94 valence electrons. The maximum absolute atomic E-state index is 13.5. The summed E-state index contributed by atoms with van der Waals surface area (Å²) >= 11 is 5.69. The number of hydrogen-bond donors (Lipinski definition) is 0. The van der Waals surface area contributed by atoms with Crippen molar-refractivity contribution in [2.45, 2.75) is 12.8 Å². The Morgan fingerprint density at radius 2 is 1.89 bits per heavy atom. The van der Waals surface area contributed by atoms with E-state index in [2.05, 4.69) is 0 Å². The van der Waals surface area contributed by atoms with Gasteiger partial charge in [-0.1, -0.05) is 6.07 Å². The van der Waals surface area contributed by atoms with Crippen molar-refractivity contribution < 1.29 is 13.5 Å². The summed E-state index contributed by atoms with van der Waals surface area (Å²) in [5.74, 6) is 0.0920. The average Bonchev–Trinajstić information content (AvgIpc) is 2.33. The molecule has 2 aromatic carbocycles. The zero-order chi connectivity index (χ0) is 13.1. The molecule has 1 nitrogen and oxygen atoms in total. The number of halogens is 3. The molecule has 0 unspecified atom stereocenters. The van der Waals surface area contributed by atoms with Gasteiger partial charge in [-0.15, -0.1) is 11.6 Å². The van der Waals surface area contributed by atoms with E-state index in [4.69, 9.17) is 16.3 Å². The van der Waals surface area contributed by atoms with Crippen LogP contribution in [-0.4, -0.2) is 0 Å². The van der Waals surface area contributed by atoms with Crippen LogP contribution in [-0.2, 0) is 5.88 Å². The first-order chi connectivity index (χ1) is 8.61. The van der Waals surface area contributed by atoms with Crippen molar-refractivity contribution in [2.24, 2.45) is 0 Å². The van der Waals surface area contributed by atoms with Gasteiger partial charge in [-0.25, -0.2) is 8.78 Å². The molecule has 0 atom stereocenters. The minimum absolute atomic E-state index is 0.0161. The van der Waals surface area contributed by atoms with Gasteiger partial charge in [-0.05, 0) is 42.8 Å². The van der Waals surface area contributed by atoms with Gasteiger partial charge in [-0.3, -0.25) is 0 Å². The fraction of sp³-hybridized carbons (Fsp3) is 0.143. The summed E-state index contributed by atoms with van der Waals surface area (Å²) in [4.78, 5) is 0. The molecule has 0 fully saturated rings. The average molecular weight is 269 g/mol. The van der Waals surface area contributed by atoms with Crippen LogP contribution in [0.3, 0.4) is 0 Å². The van der Waals surface area contributed by atoms with Crippen LogP contribution in [0, 0.1) is 18.6 Å². The molecule has 4 heteroatoms. The number of alkyl halides is 1. The Morgan fingerprint density at radius 3 is 2.56 bits per heavy atom. The summed E-state index contributed by atoms with van der Waals surface area (Å²) in [5, 5.41) is 0. The summed E-state index contributed by atoms with van der Waals surface area (Å²) in [6.07, 6.45) is 0. The Balaban J connectivity index is 2.37. The highest BCUT2D eigenvalue weighted by atomic mass is 35.5. The van der Waals surface area contributed by atoms with Crippen LogP contribution in [0.1, 0.15) is 11.1 Å². The molecule has 0 radical (unpaired) electrons. The lowest BCUT2D eigenvalue weighted by Gasteiger charge is -2.12. The van der Waals surface area contributed by atoms with E-state index in [1.165, 1.54) is 24.3 Å². The fourth-order valence-electron chi connectivity index (χ4n) is 1.61. The Labute approximate surface area is 109 Å². The van der Waals surface area contributed by atoms with Gasteiger partial charge >= 0.3 is 0 Å². The highest BCUT2D eigenvalue weighted by molar-refractivity contribution is 6.17. The second-order valence-electron chi connectivity index (χ2n) is 3.86. The molecule has 0 aliphatic heterocycles. The van der Waals surface area contributed by atoms with E-state index in [1.54, 1.807) is 19.1 Å². The predicted molar refractivity (Wildman–Crippen MR) is 67.2 cm³/mol. The van der Waals surface area contributed by atoms with Gasteiger partial charge in [0.1, 0.15) is 23.1 Å². The van der Waals surface area contributed by atoms with Crippen molar-refractivity contribution >= 4 is 11.6 Å². The molecule has 0 aromatic heterocycles. The zero-order valence-corrected chi connectivity index (χ0v) is 10.5. The Kier molecular flexibility index (Phi) is 3.82. The largest absolute Gasteiger partial charge is 0.457 e. The van der Waals surface area contributed by atoms with Crippen molar-refractivity contribution in [1.82, 2.24) is 0 Å². The quantitative estimate of drug-likeness (QED) is 0.726. The van der Waals surface area contributed by atoms with Crippen molar-refractivity contribution in [1.29, 1.82) is 0 Å². The molecular formula is C14H11ClF2O. The van der Waals surface area contributed by atoms with Crippen molar-refractivity contribution in [2.75, 3.05) is 0 Å². The van der Waals surface area contributed by atoms with Crippen LogP contribution < -0.4 is 4.74 Å². The first-order valence-corrected chi connectivity index (χ1v) is 5.92. The molecule has 0 aliphatic rings. The van der Waals surface area contributed by atoms with Gasteiger partial charge in [0.15, 0.2) is 0 Å². The summed E-state index contributed by atoms with van der Waals surface area (Å²) in [7, 11) is 0. The van der Waals surface area contributed by atoms with Gasteiger partial charge in [0.2, 0.25) is 0 Å². The van der Waals surface area contributed by atoms with Crippen LogP contribution in [0.15, 0.2) is 36.4 Å². The molecule has 0 saturated heterocycles. The van der Waals surface area contributed by atoms with E-state index in [0.717, 1.165) is 0 Å². The number of hydrogen-bond acceptors (Lipinski definition) is 1. The van der Waals surface area contributed by atoms with E-state index in [0.29, 0.717) is 22.6 Å². The normalized spacial score (nSPS) is 10.4. The summed E-state index contributed by atoms with van der Waals surface area (Å²) in [6.45, 7) is 1.72. The lowest BCUT2D eigenvalue weighted by atomic mass is 10.2. The van der Waals surface area contributed by atoms with Crippen LogP contribution in [0.4, 0.5) is 8.78 Å². The van der Waals surface area contributed by atoms with Crippen molar-refractivity contribution in [3.8, 4) is 11.5 Å². The Bertz CT molecular complexity index is 570. The van der Waals surface area contributed by atoms with Gasteiger partial charge < -0.3 is 4.74 Å². The molecule has 0 N–H and O–H groups in total. The number of ether oxygens (including phenoxy) is 1. The third-order valence-corrected chi connectivity index (χ3v) is 2.83. The third-order valence-electron chi connectivity index (χ3n) is 2.57. The molecule has 0 aliphatic carbocycles. The van der Waals surface area contributed by atoms with Gasteiger partial charge in [-0.2, -0.15) is 0 Å². The van der Waals surface area contributed by atoms with E-state index < -0.39 is 5.82 Å². The highest BCUT2D eigenvalue weighted by Gasteiger charge is 2.10. The second-order valence-corrected chi connectivity index (χ2v) is 4.13. The van der Waals surface area contributed by atoms with Gasteiger partial charge in [0.25, 0.3) is 0 Å². The molecule has 18 heavy (non-hydrogen) atoms. The van der Waals surface area contributed by atoms with Crippen LogP contribution in [0.25, 0.3) is 0 Å². The number of aryl methyl sites for hydroxylation is 1. The maximum atomic E-state index is 13.5. The highest BCUT2D eigenvalue weighted by Crippen LogP contribution is 2.30. The van der Waals surface area contributed by atoms with E-state index in [-0.39, 0.29) is 11.7 Å². The maximum Gasteiger partial charge on any atom is 0.134 e. The summed E-state index contributed by atoms with van der Waals surface area (Å²) in [5.41, 5.74) is 0.933. The standard InChI is InChI=1S/C14H11ClF2O/c1-9-7-10(16)5-6-13(9)18-14-4-2-3-12(17)11(14)8-15/h2-7H,8H2,1H3. The fourth-order valence-corrected chi connectivity index (χ4v) is 1.87. The molecule has 2 rings (SSSR count). The Morgan fingerprint density at radius 1 is 1.11 bits per heavy atom. The lowest BCUT2D eigenvalue weighted by molar-refractivity contribution is 0.465. The smallest absolute Gasteiger partial charge is 0.134 e. The Hall–Kier alpha value is -1.61. The molecule has 2 aromatic rings. The van der Waals surface area contributed by atoms with E-state index >= 15 is 0 Å². The van der Waals surface area contributed by atoms with Crippen LogP contribution >= 0.6 is 11.6 Å². The second kappa shape index (κ2) is 5.36. The van der Waals surface area contributed by atoms with Crippen LogP contribution in [0.5, 0.6) is 11.5 Å². The molecule has 0 amide bonds. The summed E-state index contributed by atoms with van der Waals surface area (Å²) in [6, 6.07) is 8.65. The summed E-state index contributed by atoms with van der Waals surface area (Å²) < 4.78 is 32.0. The molecule has 0 saturated carbocycles. The van der Waals surface area contributed by atoms with Crippen molar-refractivity contribution in [3.63, 3.8) is 0 Å². The number of benzene rings is 2.